The van der Waals surface area contributed by atoms with Crippen molar-refractivity contribution in [1.82, 2.24) is 5.01 Å². The molecule has 18 heavy (non-hydrogen) atoms. The third-order valence-electron chi connectivity index (χ3n) is 3.15. The van der Waals surface area contributed by atoms with Crippen LogP contribution in [-0.2, 0) is 11.2 Å². The lowest BCUT2D eigenvalue weighted by molar-refractivity contribution is 0.118. The van der Waals surface area contributed by atoms with Crippen LogP contribution in [0.4, 0.5) is 4.39 Å². The number of nitrogens with zero attached hydrogens (tertiary/aromatic N) is 2. The lowest BCUT2D eigenvalue weighted by Gasteiger charge is -2.20. The quantitative estimate of drug-likeness (QED) is 0.750. The van der Waals surface area contributed by atoms with Crippen molar-refractivity contribution in [2.24, 2.45) is 5.10 Å². The Hall–Kier alpha value is -1.42. The molecule has 0 saturated carbocycles. The summed E-state index contributed by atoms with van der Waals surface area (Å²) >= 11 is 0. The van der Waals surface area contributed by atoms with Gasteiger partial charge in [-0.2, -0.15) is 5.10 Å². The standard InChI is InChI=1S/C14H19FN2O/c1-18-11-14-6-3-9-17(14)16-8-7-12-4-2-5-13(15)10-12/h2,4-5,8,10,14H,3,6-7,9,11H2,1H3/b16-8+/t14-/m1/s1. The maximum absolute atomic E-state index is 13.0. The van der Waals surface area contributed by atoms with Crippen LogP contribution in [0.1, 0.15) is 18.4 Å². The van der Waals surface area contributed by atoms with Gasteiger partial charge in [-0.3, -0.25) is 5.01 Å². The highest BCUT2D eigenvalue weighted by Gasteiger charge is 2.22. The number of hydrogen-bond donors (Lipinski definition) is 0. The largest absolute Gasteiger partial charge is 0.382 e. The van der Waals surface area contributed by atoms with Crippen LogP contribution in [0.2, 0.25) is 0 Å². The second kappa shape index (κ2) is 6.50. The predicted octanol–water partition coefficient (Wildman–Crippen LogP) is 2.46. The molecule has 2 rings (SSSR count). The van der Waals surface area contributed by atoms with E-state index in [1.807, 2.05) is 12.3 Å². The first kappa shape index (κ1) is 13.0. The van der Waals surface area contributed by atoms with Gasteiger partial charge in [-0.15, -0.1) is 0 Å². The molecule has 1 heterocycles. The van der Waals surface area contributed by atoms with Crippen LogP contribution in [0.3, 0.4) is 0 Å². The van der Waals surface area contributed by atoms with Gasteiger partial charge in [0, 0.05) is 26.3 Å². The van der Waals surface area contributed by atoms with Crippen molar-refractivity contribution in [2.45, 2.75) is 25.3 Å². The van der Waals surface area contributed by atoms with Crippen molar-refractivity contribution in [2.75, 3.05) is 20.3 Å². The minimum atomic E-state index is -0.195. The lowest BCUT2D eigenvalue weighted by Crippen LogP contribution is -2.28. The zero-order valence-electron chi connectivity index (χ0n) is 10.7. The molecular formula is C14H19FN2O. The van der Waals surface area contributed by atoms with Crippen LogP contribution < -0.4 is 0 Å². The molecule has 4 heteroatoms. The highest BCUT2D eigenvalue weighted by Crippen LogP contribution is 2.17. The Morgan fingerprint density at radius 1 is 1.56 bits per heavy atom. The van der Waals surface area contributed by atoms with Gasteiger partial charge in [-0.25, -0.2) is 4.39 Å². The van der Waals surface area contributed by atoms with Crippen LogP contribution >= 0.6 is 0 Å². The Bertz CT molecular complexity index is 409. The second-order valence-corrected chi connectivity index (χ2v) is 4.55. The highest BCUT2D eigenvalue weighted by atomic mass is 19.1. The van der Waals surface area contributed by atoms with E-state index in [0.29, 0.717) is 12.5 Å². The Labute approximate surface area is 107 Å². The molecule has 0 amide bonds. The van der Waals surface area contributed by atoms with Gasteiger partial charge in [0.2, 0.25) is 0 Å². The summed E-state index contributed by atoms with van der Waals surface area (Å²) in [6.45, 7) is 1.70. The van der Waals surface area contributed by atoms with Gasteiger partial charge in [-0.1, -0.05) is 12.1 Å². The molecule has 0 N–H and O–H groups in total. The number of methoxy groups -OCH3 is 1. The van der Waals surface area contributed by atoms with E-state index in [-0.39, 0.29) is 5.82 Å². The summed E-state index contributed by atoms with van der Waals surface area (Å²) in [5.74, 6) is -0.195. The number of rotatable bonds is 5. The molecule has 0 bridgehead atoms. The molecule has 3 nitrogen and oxygen atoms in total. The van der Waals surface area contributed by atoms with Crippen molar-refractivity contribution in [3.05, 3.63) is 35.6 Å². The smallest absolute Gasteiger partial charge is 0.123 e. The molecule has 1 aliphatic rings. The maximum atomic E-state index is 13.0. The maximum Gasteiger partial charge on any atom is 0.123 e. The average Bonchev–Trinajstić information content (AvgIpc) is 2.78. The van der Waals surface area contributed by atoms with E-state index in [1.54, 1.807) is 19.2 Å². The second-order valence-electron chi connectivity index (χ2n) is 4.55. The number of hydrogen-bond acceptors (Lipinski definition) is 3. The molecule has 1 aliphatic heterocycles. The molecule has 0 aromatic heterocycles. The summed E-state index contributed by atoms with van der Waals surface area (Å²) in [6.07, 6.45) is 4.80. The summed E-state index contributed by atoms with van der Waals surface area (Å²) in [4.78, 5) is 0. The zero-order valence-corrected chi connectivity index (χ0v) is 10.7. The fraction of sp³-hybridized carbons (Fsp3) is 0.500. The van der Waals surface area contributed by atoms with Crippen LogP contribution in [-0.4, -0.2) is 37.5 Å². The van der Waals surface area contributed by atoms with Gasteiger partial charge in [0.15, 0.2) is 0 Å². The normalized spacial score (nSPS) is 19.9. The van der Waals surface area contributed by atoms with Gasteiger partial charge in [0.05, 0.1) is 12.6 Å². The zero-order chi connectivity index (χ0) is 12.8. The molecule has 0 spiro atoms. The van der Waals surface area contributed by atoms with E-state index in [0.717, 1.165) is 31.6 Å². The first-order valence-electron chi connectivity index (χ1n) is 6.32. The minimum Gasteiger partial charge on any atom is -0.382 e. The van der Waals surface area contributed by atoms with E-state index in [2.05, 4.69) is 10.1 Å². The molecule has 0 unspecified atom stereocenters. The molecule has 0 aliphatic carbocycles. The molecule has 1 fully saturated rings. The number of ether oxygens (including phenoxy) is 1. The fourth-order valence-corrected chi connectivity index (χ4v) is 2.25. The molecular weight excluding hydrogens is 231 g/mol. The average molecular weight is 250 g/mol. The van der Waals surface area contributed by atoms with Crippen LogP contribution in [0.25, 0.3) is 0 Å². The lowest BCUT2D eigenvalue weighted by atomic mass is 10.2. The Morgan fingerprint density at radius 2 is 2.44 bits per heavy atom. The minimum absolute atomic E-state index is 0.195. The summed E-state index contributed by atoms with van der Waals surface area (Å²) < 4.78 is 18.2. The van der Waals surface area contributed by atoms with Gasteiger partial charge in [0.1, 0.15) is 5.82 Å². The van der Waals surface area contributed by atoms with Gasteiger partial charge >= 0.3 is 0 Å². The Morgan fingerprint density at radius 3 is 3.22 bits per heavy atom. The van der Waals surface area contributed by atoms with Crippen LogP contribution in [0.15, 0.2) is 29.4 Å². The molecule has 1 saturated heterocycles. The molecule has 0 radical (unpaired) electrons. The van der Waals surface area contributed by atoms with Crippen molar-refractivity contribution in [3.8, 4) is 0 Å². The monoisotopic (exact) mass is 250 g/mol. The molecule has 1 aromatic rings. The fourth-order valence-electron chi connectivity index (χ4n) is 2.25. The van der Waals surface area contributed by atoms with E-state index in [4.69, 9.17) is 4.74 Å². The van der Waals surface area contributed by atoms with Gasteiger partial charge < -0.3 is 4.74 Å². The number of benzene rings is 1. The van der Waals surface area contributed by atoms with Crippen molar-refractivity contribution < 1.29 is 9.13 Å². The summed E-state index contributed by atoms with van der Waals surface area (Å²) in [5.41, 5.74) is 0.946. The van der Waals surface area contributed by atoms with E-state index < -0.39 is 0 Å². The molecule has 98 valence electrons. The van der Waals surface area contributed by atoms with E-state index in [9.17, 15) is 4.39 Å². The highest BCUT2D eigenvalue weighted by molar-refractivity contribution is 5.61. The van der Waals surface area contributed by atoms with Crippen molar-refractivity contribution >= 4 is 6.21 Å². The number of halogens is 1. The summed E-state index contributed by atoms with van der Waals surface area (Å²) in [6, 6.07) is 7.02. The van der Waals surface area contributed by atoms with E-state index >= 15 is 0 Å². The molecule has 1 atom stereocenters. The summed E-state index contributed by atoms with van der Waals surface area (Å²) in [5, 5.41) is 6.53. The van der Waals surface area contributed by atoms with Crippen LogP contribution in [0.5, 0.6) is 0 Å². The first-order chi connectivity index (χ1) is 8.79. The van der Waals surface area contributed by atoms with Crippen molar-refractivity contribution in [1.29, 1.82) is 0 Å². The van der Waals surface area contributed by atoms with Gasteiger partial charge in [0.25, 0.3) is 0 Å². The topological polar surface area (TPSA) is 24.8 Å². The third-order valence-corrected chi connectivity index (χ3v) is 3.15. The van der Waals surface area contributed by atoms with Crippen LogP contribution in [0, 0.1) is 5.82 Å². The first-order valence-corrected chi connectivity index (χ1v) is 6.32. The molecule has 1 aromatic carbocycles. The predicted molar refractivity (Wildman–Crippen MR) is 70.2 cm³/mol. The number of hydrazone groups is 1. The van der Waals surface area contributed by atoms with Gasteiger partial charge in [-0.05, 0) is 30.5 Å². The third kappa shape index (κ3) is 3.53. The van der Waals surface area contributed by atoms with Crippen molar-refractivity contribution in [3.63, 3.8) is 0 Å². The Balaban J connectivity index is 1.87. The summed E-state index contributed by atoms with van der Waals surface area (Å²) in [7, 11) is 1.72. The van der Waals surface area contributed by atoms with E-state index in [1.165, 1.54) is 6.07 Å². The Kier molecular flexibility index (Phi) is 4.70. The SMILES string of the molecule is COC[C@H]1CCCN1/N=C/Cc1cccc(F)c1.